The maximum atomic E-state index is 12.7. The Morgan fingerprint density at radius 3 is 2.90 bits per heavy atom. The van der Waals surface area contributed by atoms with Crippen molar-refractivity contribution in [2.75, 3.05) is 26.2 Å². The van der Waals surface area contributed by atoms with Crippen LogP contribution in [0.2, 0.25) is 0 Å². The van der Waals surface area contributed by atoms with Gasteiger partial charge in [-0.05, 0) is 43.8 Å². The van der Waals surface area contributed by atoms with Gasteiger partial charge in [-0.3, -0.25) is 14.9 Å². The van der Waals surface area contributed by atoms with E-state index in [1.807, 2.05) is 0 Å². The maximum Gasteiger partial charge on any atom is 0.282 e. The highest BCUT2D eigenvalue weighted by Crippen LogP contribution is 2.30. The van der Waals surface area contributed by atoms with Gasteiger partial charge in [-0.2, -0.15) is 0 Å². The molecule has 1 aromatic carbocycles. The molecule has 0 aromatic heterocycles. The Labute approximate surface area is 123 Å². The normalized spacial score (nSPS) is 24.7. The largest absolute Gasteiger partial charge is 0.338 e. The zero-order valence-electron chi connectivity index (χ0n) is 12.0. The lowest BCUT2D eigenvalue weighted by Crippen LogP contribution is -2.43. The van der Waals surface area contributed by atoms with Crippen molar-refractivity contribution in [2.24, 2.45) is 11.8 Å². The molecule has 21 heavy (non-hydrogen) atoms. The van der Waals surface area contributed by atoms with Crippen LogP contribution in [-0.2, 0) is 0 Å². The van der Waals surface area contributed by atoms with Crippen LogP contribution in [0.15, 0.2) is 18.2 Å². The van der Waals surface area contributed by atoms with Gasteiger partial charge in [0.1, 0.15) is 5.56 Å². The summed E-state index contributed by atoms with van der Waals surface area (Å²) in [6.07, 6.45) is 0.975. The van der Waals surface area contributed by atoms with E-state index >= 15 is 0 Å². The number of amides is 1. The number of likely N-dealkylation sites (tertiary alicyclic amines) is 1. The topological polar surface area (TPSA) is 75.5 Å². The van der Waals surface area contributed by atoms with Gasteiger partial charge in [0.05, 0.1) is 4.92 Å². The lowest BCUT2D eigenvalue weighted by atomic mass is 9.88. The van der Waals surface area contributed by atoms with Crippen LogP contribution >= 0.6 is 0 Å². The second-order valence-corrected chi connectivity index (χ2v) is 5.94. The number of benzene rings is 1. The minimum absolute atomic E-state index is 0.0910. The van der Waals surface area contributed by atoms with E-state index in [1.54, 1.807) is 24.0 Å². The molecule has 3 rings (SSSR count). The van der Waals surface area contributed by atoms with Crippen molar-refractivity contribution in [3.05, 3.63) is 39.4 Å². The van der Waals surface area contributed by atoms with Gasteiger partial charge in [0.25, 0.3) is 11.6 Å². The second-order valence-electron chi connectivity index (χ2n) is 5.94. The summed E-state index contributed by atoms with van der Waals surface area (Å²) in [5.74, 6) is 0.914. The summed E-state index contributed by atoms with van der Waals surface area (Å²) in [5.41, 5.74) is 0.819. The number of fused-ring (bicyclic) bond motifs is 1. The predicted octanol–water partition coefficient (Wildman–Crippen LogP) is 1.58. The highest BCUT2D eigenvalue weighted by atomic mass is 16.6. The zero-order valence-corrected chi connectivity index (χ0v) is 12.0. The number of nitro groups is 1. The van der Waals surface area contributed by atoms with Gasteiger partial charge in [0.2, 0.25) is 0 Å². The molecule has 1 aromatic rings. The average molecular weight is 289 g/mol. The fourth-order valence-corrected chi connectivity index (χ4v) is 3.46. The van der Waals surface area contributed by atoms with Crippen molar-refractivity contribution >= 4 is 11.6 Å². The Hall–Kier alpha value is -1.95. The Kier molecular flexibility index (Phi) is 3.63. The molecule has 6 nitrogen and oxygen atoms in total. The van der Waals surface area contributed by atoms with E-state index < -0.39 is 4.92 Å². The fraction of sp³-hybridized carbons (Fsp3) is 0.533. The van der Waals surface area contributed by atoms with Crippen LogP contribution in [0.1, 0.15) is 22.3 Å². The predicted molar refractivity (Wildman–Crippen MR) is 78.2 cm³/mol. The number of nitrogens with zero attached hydrogens (tertiary/aromatic N) is 2. The molecule has 2 aliphatic heterocycles. The highest BCUT2D eigenvalue weighted by Gasteiger charge is 2.36. The molecule has 2 aliphatic rings. The van der Waals surface area contributed by atoms with Crippen molar-refractivity contribution in [1.82, 2.24) is 10.2 Å². The van der Waals surface area contributed by atoms with Gasteiger partial charge >= 0.3 is 0 Å². The van der Waals surface area contributed by atoms with E-state index in [0.29, 0.717) is 30.5 Å². The number of nitro benzene ring substituents is 1. The number of nitrogens with one attached hydrogen (secondary N) is 1. The van der Waals surface area contributed by atoms with Gasteiger partial charge in [-0.25, -0.2) is 0 Å². The van der Waals surface area contributed by atoms with Crippen LogP contribution in [0.25, 0.3) is 0 Å². The lowest BCUT2D eigenvalue weighted by Gasteiger charge is -2.34. The van der Waals surface area contributed by atoms with Gasteiger partial charge in [-0.15, -0.1) is 0 Å². The summed E-state index contributed by atoms with van der Waals surface area (Å²) in [4.78, 5) is 25.2. The van der Waals surface area contributed by atoms with Crippen molar-refractivity contribution in [1.29, 1.82) is 0 Å². The summed E-state index contributed by atoms with van der Waals surface area (Å²) in [6, 6.07) is 4.78. The first-order valence-electron chi connectivity index (χ1n) is 7.32. The minimum atomic E-state index is -0.468. The van der Waals surface area contributed by atoms with Crippen molar-refractivity contribution in [3.63, 3.8) is 0 Å². The maximum absolute atomic E-state index is 12.7. The number of hydrogen-bond donors (Lipinski definition) is 1. The Bertz CT molecular complexity index is 588. The van der Waals surface area contributed by atoms with E-state index in [-0.39, 0.29) is 17.2 Å². The summed E-state index contributed by atoms with van der Waals surface area (Å²) in [6.45, 7) is 5.10. The zero-order chi connectivity index (χ0) is 15.0. The molecule has 0 spiro atoms. The summed E-state index contributed by atoms with van der Waals surface area (Å²) < 4.78 is 0. The van der Waals surface area contributed by atoms with Gasteiger partial charge in [-0.1, -0.05) is 12.1 Å². The molecule has 1 amide bonds. The number of rotatable bonds is 2. The van der Waals surface area contributed by atoms with Crippen LogP contribution in [0, 0.1) is 28.9 Å². The van der Waals surface area contributed by atoms with Crippen molar-refractivity contribution in [2.45, 2.75) is 13.3 Å². The lowest BCUT2D eigenvalue weighted by molar-refractivity contribution is -0.385. The molecule has 0 saturated carbocycles. The number of carbonyl (C=O) groups excluding carboxylic acids is 1. The smallest absolute Gasteiger partial charge is 0.282 e. The van der Waals surface area contributed by atoms with Gasteiger partial charge in [0.15, 0.2) is 0 Å². The number of carbonyl (C=O) groups is 1. The number of hydrogen-bond acceptors (Lipinski definition) is 4. The van der Waals surface area contributed by atoms with E-state index in [0.717, 1.165) is 19.5 Å². The third-order valence-electron chi connectivity index (χ3n) is 4.65. The molecule has 112 valence electrons. The van der Waals surface area contributed by atoms with Gasteiger partial charge < -0.3 is 10.2 Å². The molecule has 2 fully saturated rings. The quantitative estimate of drug-likeness (QED) is 0.662. The monoisotopic (exact) mass is 289 g/mol. The Morgan fingerprint density at radius 1 is 1.38 bits per heavy atom. The van der Waals surface area contributed by atoms with Crippen LogP contribution < -0.4 is 5.32 Å². The first-order valence-corrected chi connectivity index (χ1v) is 7.32. The Balaban J connectivity index is 1.87. The van der Waals surface area contributed by atoms with Crippen LogP contribution in [0.5, 0.6) is 0 Å². The highest BCUT2D eigenvalue weighted by molar-refractivity contribution is 5.99. The molecule has 2 unspecified atom stereocenters. The molecule has 1 N–H and O–H groups in total. The van der Waals surface area contributed by atoms with Crippen molar-refractivity contribution in [3.8, 4) is 0 Å². The third-order valence-corrected chi connectivity index (χ3v) is 4.65. The van der Waals surface area contributed by atoms with E-state index in [9.17, 15) is 14.9 Å². The van der Waals surface area contributed by atoms with Gasteiger partial charge in [0, 0.05) is 19.2 Å². The van der Waals surface area contributed by atoms with E-state index in [4.69, 9.17) is 0 Å². The third kappa shape index (κ3) is 2.51. The number of piperidine rings is 1. The van der Waals surface area contributed by atoms with Crippen molar-refractivity contribution < 1.29 is 9.72 Å². The van der Waals surface area contributed by atoms with Crippen LogP contribution in [0.3, 0.4) is 0 Å². The second kappa shape index (κ2) is 5.44. The molecule has 0 bridgehead atoms. The molecule has 0 radical (unpaired) electrons. The van der Waals surface area contributed by atoms with Crippen LogP contribution in [0.4, 0.5) is 5.69 Å². The van der Waals surface area contributed by atoms with E-state index in [2.05, 4.69) is 5.32 Å². The summed E-state index contributed by atoms with van der Waals surface area (Å²) in [7, 11) is 0. The first kappa shape index (κ1) is 14.0. The molecular weight excluding hydrogens is 270 g/mol. The summed E-state index contributed by atoms with van der Waals surface area (Å²) >= 11 is 0. The summed E-state index contributed by atoms with van der Waals surface area (Å²) in [5, 5.41) is 14.5. The molecule has 6 heteroatoms. The first-order chi connectivity index (χ1) is 10.1. The molecule has 2 saturated heterocycles. The molecule has 0 aliphatic carbocycles. The van der Waals surface area contributed by atoms with Crippen LogP contribution in [-0.4, -0.2) is 41.9 Å². The number of aryl methyl sites for hydroxylation is 1. The Morgan fingerprint density at radius 2 is 2.14 bits per heavy atom. The minimum Gasteiger partial charge on any atom is -0.338 e. The standard InChI is InChI=1S/C15H19N3O3/c1-10-3-2-4-13(18(20)21)14(10)15(19)17-6-5-11-7-16-8-12(11)9-17/h2-4,11-12,16H,5-9H2,1H3. The van der Waals surface area contributed by atoms with E-state index in [1.165, 1.54) is 6.07 Å². The SMILES string of the molecule is Cc1cccc([N+](=O)[O-])c1C(=O)N1CCC2CNCC2C1. The molecule has 2 heterocycles. The average Bonchev–Trinajstić information content (AvgIpc) is 2.93. The fourth-order valence-electron chi connectivity index (χ4n) is 3.46. The molecule has 2 atom stereocenters. The molecular formula is C15H19N3O3.